The van der Waals surface area contributed by atoms with Crippen LogP contribution in [0, 0.1) is 20.2 Å². The number of nitrogens with zero attached hydrogens (tertiary/aromatic N) is 4. The van der Waals surface area contributed by atoms with Gasteiger partial charge in [-0.25, -0.2) is 20.2 Å². The van der Waals surface area contributed by atoms with Crippen LogP contribution < -0.4 is 0 Å². The topological polar surface area (TPSA) is 92.8 Å². The summed E-state index contributed by atoms with van der Waals surface area (Å²) in [5.74, 6) is 0. The summed E-state index contributed by atoms with van der Waals surface area (Å²) in [6.45, 7) is 1.10. The van der Waals surface area contributed by atoms with Gasteiger partial charge in [-0.05, 0) is 12.8 Å². The second kappa shape index (κ2) is 4.58. The Bertz CT molecular complexity index is 202. The van der Waals surface area contributed by atoms with E-state index in [1.54, 1.807) is 0 Å². The number of hydrazine groups is 2. The molecule has 0 aromatic rings. The lowest BCUT2D eigenvalue weighted by atomic mass is 10.3. The summed E-state index contributed by atoms with van der Waals surface area (Å²) < 4.78 is 0. The van der Waals surface area contributed by atoms with E-state index in [9.17, 15) is 20.2 Å². The molecule has 14 heavy (non-hydrogen) atoms. The molecule has 0 radical (unpaired) electrons. The van der Waals surface area contributed by atoms with Gasteiger partial charge >= 0.3 is 0 Å². The van der Waals surface area contributed by atoms with E-state index < -0.39 is 10.1 Å². The van der Waals surface area contributed by atoms with Crippen LogP contribution in [0.1, 0.15) is 12.8 Å². The quantitative estimate of drug-likeness (QED) is 0.455. The largest absolute Gasteiger partial charge is 0.235 e. The minimum Gasteiger partial charge on any atom is -0.235 e. The molecule has 1 fully saturated rings. The van der Waals surface area contributed by atoms with E-state index in [0.717, 1.165) is 10.0 Å². The molecule has 0 aromatic carbocycles. The Morgan fingerprint density at radius 1 is 0.786 bits per heavy atom. The summed E-state index contributed by atoms with van der Waals surface area (Å²) in [7, 11) is 0. The third-order valence-corrected chi connectivity index (χ3v) is 2.13. The van der Waals surface area contributed by atoms with E-state index in [0.29, 0.717) is 12.8 Å². The van der Waals surface area contributed by atoms with Crippen LogP contribution in [-0.2, 0) is 0 Å². The Morgan fingerprint density at radius 2 is 1.07 bits per heavy atom. The van der Waals surface area contributed by atoms with Crippen molar-refractivity contribution in [2.75, 3.05) is 26.2 Å². The number of nitro groups is 2. The van der Waals surface area contributed by atoms with E-state index in [-0.39, 0.29) is 26.2 Å². The van der Waals surface area contributed by atoms with Gasteiger partial charge in [0.1, 0.15) is 0 Å². The third-order valence-electron chi connectivity index (χ3n) is 2.13. The molecule has 0 unspecified atom stereocenters. The number of hydrogen-bond donors (Lipinski definition) is 0. The zero-order valence-electron chi connectivity index (χ0n) is 7.66. The van der Waals surface area contributed by atoms with Crippen molar-refractivity contribution in [1.29, 1.82) is 0 Å². The van der Waals surface area contributed by atoms with Crippen LogP contribution in [0.15, 0.2) is 0 Å². The van der Waals surface area contributed by atoms with Crippen molar-refractivity contribution in [1.82, 2.24) is 10.0 Å². The van der Waals surface area contributed by atoms with Gasteiger partial charge in [0, 0.05) is 0 Å². The third kappa shape index (κ3) is 2.71. The molecule has 0 atom stereocenters. The minimum absolute atomic E-state index is 0.275. The number of rotatable bonds is 2. The van der Waals surface area contributed by atoms with Crippen molar-refractivity contribution in [3.05, 3.63) is 20.2 Å². The summed E-state index contributed by atoms with van der Waals surface area (Å²) in [6, 6.07) is 0. The fraction of sp³-hybridized carbons (Fsp3) is 1.00. The first-order valence-electron chi connectivity index (χ1n) is 4.40. The predicted molar refractivity (Wildman–Crippen MR) is 46.4 cm³/mol. The van der Waals surface area contributed by atoms with Crippen LogP contribution in [0.5, 0.6) is 0 Å². The Balaban J connectivity index is 2.43. The van der Waals surface area contributed by atoms with Crippen molar-refractivity contribution in [2.24, 2.45) is 0 Å². The maximum absolute atomic E-state index is 10.4. The van der Waals surface area contributed by atoms with Gasteiger partial charge in [-0.2, -0.15) is 0 Å². The van der Waals surface area contributed by atoms with Crippen LogP contribution in [0.25, 0.3) is 0 Å². The van der Waals surface area contributed by atoms with Crippen LogP contribution in [-0.4, -0.2) is 46.3 Å². The summed E-state index contributed by atoms with van der Waals surface area (Å²) in [5, 5.41) is 22.2. The Morgan fingerprint density at radius 3 is 1.29 bits per heavy atom. The van der Waals surface area contributed by atoms with E-state index in [1.807, 2.05) is 0 Å². The van der Waals surface area contributed by atoms with E-state index >= 15 is 0 Å². The van der Waals surface area contributed by atoms with Crippen molar-refractivity contribution in [3.63, 3.8) is 0 Å². The summed E-state index contributed by atoms with van der Waals surface area (Å²) in [6.07, 6.45) is 0.893. The maximum Gasteiger partial charge on any atom is 0.160 e. The molecule has 1 rings (SSSR count). The van der Waals surface area contributed by atoms with Crippen LogP contribution >= 0.6 is 0 Å². The van der Waals surface area contributed by atoms with Gasteiger partial charge in [-0.15, -0.1) is 10.0 Å². The molecule has 1 saturated heterocycles. The molecule has 0 spiro atoms. The van der Waals surface area contributed by atoms with Crippen molar-refractivity contribution in [3.8, 4) is 0 Å². The standard InChI is InChI=1S/C6H12N4O4/c11-9(12)7-3-1-4-8(10(13)14)6-2-5-7/h1-6H2. The van der Waals surface area contributed by atoms with Gasteiger partial charge < -0.3 is 0 Å². The molecule has 1 aliphatic rings. The van der Waals surface area contributed by atoms with Gasteiger partial charge in [0.05, 0.1) is 26.2 Å². The lowest BCUT2D eigenvalue weighted by Gasteiger charge is -2.20. The lowest BCUT2D eigenvalue weighted by molar-refractivity contribution is -0.669. The van der Waals surface area contributed by atoms with Gasteiger partial charge in [0.2, 0.25) is 0 Å². The Kier molecular flexibility index (Phi) is 3.43. The smallest absolute Gasteiger partial charge is 0.160 e. The molecule has 8 nitrogen and oxygen atoms in total. The highest BCUT2D eigenvalue weighted by molar-refractivity contribution is 4.57. The van der Waals surface area contributed by atoms with E-state index in [2.05, 4.69) is 0 Å². The highest BCUT2D eigenvalue weighted by Gasteiger charge is 2.22. The molecule has 80 valence electrons. The fourth-order valence-electron chi connectivity index (χ4n) is 1.42. The fourth-order valence-corrected chi connectivity index (χ4v) is 1.42. The normalized spacial score (nSPS) is 18.6. The molecule has 0 aliphatic carbocycles. The summed E-state index contributed by atoms with van der Waals surface area (Å²) in [4.78, 5) is 20.8. The zero-order chi connectivity index (χ0) is 10.6. The monoisotopic (exact) mass is 204 g/mol. The SMILES string of the molecule is O=[N+]([O-])N1CCCN([N+](=O)[O-])CCC1. The molecule has 1 aliphatic heterocycles. The van der Waals surface area contributed by atoms with Crippen molar-refractivity contribution in [2.45, 2.75) is 12.8 Å². The highest BCUT2D eigenvalue weighted by atomic mass is 16.7. The maximum atomic E-state index is 10.4. The first kappa shape index (κ1) is 10.5. The molecule has 0 amide bonds. The van der Waals surface area contributed by atoms with Crippen LogP contribution in [0.2, 0.25) is 0 Å². The van der Waals surface area contributed by atoms with E-state index in [1.165, 1.54) is 0 Å². The Labute approximate surface area is 80.3 Å². The molecule has 0 bridgehead atoms. The minimum atomic E-state index is -0.443. The first-order valence-corrected chi connectivity index (χ1v) is 4.40. The van der Waals surface area contributed by atoms with Gasteiger partial charge in [0.15, 0.2) is 10.1 Å². The predicted octanol–water partition coefficient (Wildman–Crippen LogP) is -0.232. The molecule has 8 heteroatoms. The van der Waals surface area contributed by atoms with Crippen LogP contribution in [0.4, 0.5) is 0 Å². The Hall–Kier alpha value is -1.60. The first-order chi connectivity index (χ1) is 6.61. The van der Waals surface area contributed by atoms with Crippen molar-refractivity contribution >= 4 is 0 Å². The van der Waals surface area contributed by atoms with Gasteiger partial charge in [0.25, 0.3) is 0 Å². The van der Waals surface area contributed by atoms with E-state index in [4.69, 9.17) is 0 Å². The lowest BCUT2D eigenvalue weighted by Crippen LogP contribution is -2.41. The highest BCUT2D eigenvalue weighted by Crippen LogP contribution is 2.03. The van der Waals surface area contributed by atoms with Crippen molar-refractivity contribution < 1.29 is 10.1 Å². The zero-order valence-corrected chi connectivity index (χ0v) is 7.66. The average molecular weight is 204 g/mol. The molecule has 1 heterocycles. The summed E-state index contributed by atoms with van der Waals surface area (Å²) >= 11 is 0. The molecular weight excluding hydrogens is 192 g/mol. The molecule has 0 N–H and O–H groups in total. The molecule has 0 aromatic heterocycles. The molecule has 0 saturated carbocycles. The second-order valence-electron chi connectivity index (χ2n) is 3.09. The molecular formula is C6H12N4O4. The van der Waals surface area contributed by atoms with Crippen LogP contribution in [0.3, 0.4) is 0 Å². The average Bonchev–Trinajstić information content (AvgIpc) is 2.01. The van der Waals surface area contributed by atoms with Gasteiger partial charge in [-0.1, -0.05) is 0 Å². The summed E-state index contributed by atoms with van der Waals surface area (Å²) in [5.41, 5.74) is 0. The second-order valence-corrected chi connectivity index (χ2v) is 3.09. The van der Waals surface area contributed by atoms with Gasteiger partial charge in [-0.3, -0.25) is 0 Å². The number of hydrogen-bond acceptors (Lipinski definition) is 4.